The van der Waals surface area contributed by atoms with Gasteiger partial charge in [-0.2, -0.15) is 0 Å². The first-order valence-electron chi connectivity index (χ1n) is 45.2. The fourth-order valence-corrected chi connectivity index (χ4v) is 21.3. The van der Waals surface area contributed by atoms with Gasteiger partial charge in [-0.1, -0.05) is 263 Å². The van der Waals surface area contributed by atoms with Crippen LogP contribution in [0.2, 0.25) is 0 Å². The highest BCUT2D eigenvalue weighted by Crippen LogP contribution is 2.51. The number of furan rings is 5. The van der Waals surface area contributed by atoms with Crippen molar-refractivity contribution in [2.75, 3.05) is 0 Å². The van der Waals surface area contributed by atoms with Crippen LogP contribution >= 0.6 is 0 Å². The molecule has 0 N–H and O–H groups in total. The van der Waals surface area contributed by atoms with Crippen LogP contribution in [0.1, 0.15) is 25.0 Å². The molecular formula is C123H81N5O5. The number of para-hydroxylation sites is 6. The van der Waals surface area contributed by atoms with Crippen molar-refractivity contribution in [1.82, 2.24) is 22.8 Å². The summed E-state index contributed by atoms with van der Waals surface area (Å²) in [5, 5.41) is 22.7. The standard InChI is InChI=1S/C29H21NO.C26H17NO.2C24H15NO.C20H13NO/c1-29(2)23-9-5-3-7-20(23)21-13-12-19(17-24(21)29)30-25-10-6-4-8-22(25)27-26(30)14-11-18-15-16-31-28(18)27;1-2-7-18(8-3-1)20-9-6-10-21(17-20)27-23-12-5-4-11-22(23)25-24(27)14-13-19-15-16-28-26(19)25;1-2-8-18-16(6-1)7-5-11-20(18)25-21-10-4-3-9-19(21)23-22(25)13-12-17-14-15-26-24(17)23;1-2-6-18-15-19(11-9-16(18)5-1)25-21-8-4-3-7-20(21)23-22(25)12-10-17-13-14-26-24(17)23;1-2-6-15(7-3-1)21-17-9-5-4-8-16(17)19-18(21)11-10-14-12-13-22-20(14)19/h3-17H,1-2H3;1-17H;2*1-15H;1-13H. The Labute approximate surface area is 762 Å². The molecule has 1 aliphatic rings. The van der Waals surface area contributed by atoms with Crippen molar-refractivity contribution in [3.8, 4) is 50.7 Å². The molecule has 0 unspecified atom stereocenters. The molecule has 19 aromatic carbocycles. The third-order valence-corrected chi connectivity index (χ3v) is 27.3. The minimum atomic E-state index is -0.0189. The Kier molecular flexibility index (Phi) is 17.8. The van der Waals surface area contributed by atoms with E-state index < -0.39 is 0 Å². The Hall–Kier alpha value is -17.6. The second-order valence-electron chi connectivity index (χ2n) is 34.9. The quantitative estimate of drug-likeness (QED) is 0.165. The van der Waals surface area contributed by atoms with Gasteiger partial charge in [0.15, 0.2) is 0 Å². The first-order chi connectivity index (χ1) is 65.8. The molecule has 0 spiro atoms. The zero-order valence-electron chi connectivity index (χ0n) is 72.6. The van der Waals surface area contributed by atoms with Gasteiger partial charge in [0, 0.05) is 87.4 Å². The van der Waals surface area contributed by atoms with E-state index in [0.29, 0.717) is 0 Å². The van der Waals surface area contributed by atoms with Crippen molar-refractivity contribution >= 4 is 185 Å². The van der Waals surface area contributed by atoms with E-state index in [1.165, 1.54) is 181 Å². The predicted molar refractivity (Wildman–Crippen MR) is 551 cm³/mol. The highest BCUT2D eigenvalue weighted by atomic mass is 16.3. The molecule has 0 atom stereocenters. The summed E-state index contributed by atoms with van der Waals surface area (Å²) in [4.78, 5) is 0. The first kappa shape index (κ1) is 76.6. The number of fused-ring (bicyclic) bond motifs is 30. The molecule has 29 aromatic rings. The van der Waals surface area contributed by atoms with Crippen LogP contribution in [0.25, 0.3) is 236 Å². The monoisotopic (exact) mass is 1710 g/mol. The van der Waals surface area contributed by atoms with Crippen LogP contribution in [0.5, 0.6) is 0 Å². The predicted octanol–water partition coefficient (Wildman–Crippen LogP) is 33.9. The van der Waals surface area contributed by atoms with Gasteiger partial charge in [0.05, 0.1) is 119 Å². The maximum atomic E-state index is 5.92. The van der Waals surface area contributed by atoms with E-state index in [9.17, 15) is 0 Å². The van der Waals surface area contributed by atoms with Crippen LogP contribution in [0.15, 0.2) is 478 Å². The van der Waals surface area contributed by atoms with Gasteiger partial charge in [-0.05, 0) is 225 Å². The fourth-order valence-electron chi connectivity index (χ4n) is 21.3. The van der Waals surface area contributed by atoms with Gasteiger partial charge in [0.25, 0.3) is 0 Å². The smallest absolute Gasteiger partial charge is 0.143 e. The first-order valence-corrected chi connectivity index (χ1v) is 45.2. The van der Waals surface area contributed by atoms with Crippen molar-refractivity contribution in [2.45, 2.75) is 19.3 Å². The number of benzene rings is 19. The van der Waals surface area contributed by atoms with Gasteiger partial charge in [0.1, 0.15) is 27.9 Å². The zero-order chi connectivity index (χ0) is 87.9. The zero-order valence-corrected chi connectivity index (χ0v) is 72.6. The molecule has 10 aromatic heterocycles. The number of hydrogen-bond acceptors (Lipinski definition) is 5. The van der Waals surface area contributed by atoms with Gasteiger partial charge in [-0.25, -0.2) is 0 Å². The Balaban J connectivity index is 0.0000000872. The van der Waals surface area contributed by atoms with Gasteiger partial charge in [0.2, 0.25) is 0 Å². The van der Waals surface area contributed by atoms with E-state index in [-0.39, 0.29) is 5.41 Å². The van der Waals surface area contributed by atoms with Crippen molar-refractivity contribution in [1.29, 1.82) is 0 Å². The SMILES string of the molecule is CC1(C)c2ccccc2-c2ccc(-n3c4ccccc4c4c5occc5ccc43)cc21.c1ccc(-c2cccc(-n3c4ccccc4c4c5occc5ccc43)c2)cc1.c1ccc(-n2c3ccccc3c3c4occc4ccc32)cc1.c1ccc2c(-n3c4ccccc4c4c5occc5ccc43)cccc2c1.c1ccc2cc(-n3c4ccccc4c4c5occc5ccc43)ccc2c1. The van der Waals surface area contributed by atoms with E-state index in [0.717, 1.165) is 66.1 Å². The van der Waals surface area contributed by atoms with E-state index in [1.54, 1.807) is 31.3 Å². The van der Waals surface area contributed by atoms with E-state index in [2.05, 4.69) is 425 Å². The highest BCUT2D eigenvalue weighted by molar-refractivity contribution is 6.24. The molecule has 10 nitrogen and oxygen atoms in total. The van der Waals surface area contributed by atoms with Crippen molar-refractivity contribution in [2.24, 2.45) is 0 Å². The van der Waals surface area contributed by atoms with E-state index >= 15 is 0 Å². The summed E-state index contributed by atoms with van der Waals surface area (Å²) in [6, 6.07) is 150. The van der Waals surface area contributed by atoms with Gasteiger partial charge in [-0.3, -0.25) is 0 Å². The molecule has 0 saturated carbocycles. The molecule has 10 heteroatoms. The molecule has 0 radical (unpaired) electrons. The lowest BCUT2D eigenvalue weighted by Crippen LogP contribution is -2.15. The molecule has 0 saturated heterocycles. The summed E-state index contributed by atoms with van der Waals surface area (Å²) in [5.41, 5.74) is 30.4. The molecule has 133 heavy (non-hydrogen) atoms. The van der Waals surface area contributed by atoms with Crippen LogP contribution < -0.4 is 0 Å². The Morgan fingerprint density at radius 3 is 0.970 bits per heavy atom. The molecule has 0 amide bonds. The van der Waals surface area contributed by atoms with Crippen molar-refractivity contribution < 1.29 is 22.1 Å². The normalized spacial score (nSPS) is 12.3. The summed E-state index contributed by atoms with van der Waals surface area (Å²) in [5.74, 6) is 0. The van der Waals surface area contributed by atoms with Crippen molar-refractivity contribution in [3.05, 3.63) is 467 Å². The number of rotatable bonds is 6. The Morgan fingerprint density at radius 2 is 0.496 bits per heavy atom. The summed E-state index contributed by atoms with van der Waals surface area (Å²) < 4.78 is 41.0. The molecule has 0 bridgehead atoms. The molecule has 1 aliphatic carbocycles. The summed E-state index contributed by atoms with van der Waals surface area (Å²) in [6.07, 6.45) is 8.86. The minimum absolute atomic E-state index is 0.0189. The van der Waals surface area contributed by atoms with E-state index in [4.69, 9.17) is 22.1 Å². The fraction of sp³-hybridized carbons (Fsp3) is 0.0244. The molecular weight excluding hydrogens is 1630 g/mol. The lowest BCUT2D eigenvalue weighted by Gasteiger charge is -2.22. The Morgan fingerprint density at radius 1 is 0.180 bits per heavy atom. The summed E-state index contributed by atoms with van der Waals surface area (Å²) >= 11 is 0. The maximum absolute atomic E-state index is 5.92. The minimum Gasteiger partial charge on any atom is -0.464 e. The van der Waals surface area contributed by atoms with Crippen LogP contribution in [0, 0.1) is 0 Å². The maximum Gasteiger partial charge on any atom is 0.143 e. The third-order valence-electron chi connectivity index (χ3n) is 27.3. The van der Waals surface area contributed by atoms with Gasteiger partial charge >= 0.3 is 0 Å². The van der Waals surface area contributed by atoms with Crippen LogP contribution in [-0.4, -0.2) is 22.8 Å². The number of nitrogens with zero attached hydrogens (tertiary/aromatic N) is 5. The highest BCUT2D eigenvalue weighted by Gasteiger charge is 2.36. The summed E-state index contributed by atoms with van der Waals surface area (Å²) in [6.45, 7) is 4.67. The van der Waals surface area contributed by atoms with Crippen LogP contribution in [0.3, 0.4) is 0 Å². The molecule has 30 rings (SSSR count). The molecule has 628 valence electrons. The Bertz CT molecular complexity index is 9660. The topological polar surface area (TPSA) is 90.4 Å². The molecule has 0 fully saturated rings. The average molecular weight is 1710 g/mol. The van der Waals surface area contributed by atoms with Crippen LogP contribution in [0.4, 0.5) is 0 Å². The molecule has 0 aliphatic heterocycles. The van der Waals surface area contributed by atoms with Crippen LogP contribution in [-0.2, 0) is 5.41 Å². The summed E-state index contributed by atoms with van der Waals surface area (Å²) in [7, 11) is 0. The second-order valence-corrected chi connectivity index (χ2v) is 34.9. The van der Waals surface area contributed by atoms with Gasteiger partial charge < -0.3 is 44.9 Å². The number of aromatic nitrogens is 5. The third kappa shape index (κ3) is 12.3. The lowest BCUT2D eigenvalue weighted by molar-refractivity contribution is 0.619. The average Bonchev–Trinajstić information content (AvgIpc) is 1.58. The number of hydrogen-bond donors (Lipinski definition) is 0. The largest absolute Gasteiger partial charge is 0.464 e. The second kappa shape index (κ2) is 30.8. The lowest BCUT2D eigenvalue weighted by atomic mass is 9.82. The molecule has 10 heterocycles. The van der Waals surface area contributed by atoms with E-state index in [1.807, 2.05) is 36.4 Å². The van der Waals surface area contributed by atoms with Gasteiger partial charge in [-0.15, -0.1) is 0 Å². The van der Waals surface area contributed by atoms with Crippen molar-refractivity contribution in [3.63, 3.8) is 0 Å².